The quantitative estimate of drug-likeness (QED) is 0.328. The Balaban J connectivity index is 2.25. The van der Waals surface area contributed by atoms with E-state index in [0.717, 1.165) is 0 Å². The first kappa shape index (κ1) is 15.3. The Kier molecular flexibility index (Phi) is 5.41. The molecule has 1 aromatic heterocycles. The molecule has 0 spiro atoms. The smallest absolute Gasteiger partial charge is 0.303 e. The number of anilines is 1. The van der Waals surface area contributed by atoms with Crippen LogP contribution < -0.4 is 16.6 Å². The predicted octanol–water partition coefficient (Wildman–Crippen LogP) is 3.94. The Morgan fingerprint density at radius 3 is 2.90 bits per heavy atom. The lowest BCUT2D eigenvalue weighted by molar-refractivity contribution is 0.252. The number of hydrogen-bond donors (Lipinski definition) is 3. The summed E-state index contributed by atoms with van der Waals surface area (Å²) in [6.45, 7) is 0. The van der Waals surface area contributed by atoms with Gasteiger partial charge in [-0.25, -0.2) is 15.0 Å². The molecule has 1 heterocycles. The lowest BCUT2D eigenvalue weighted by Crippen LogP contribution is -2.34. The summed E-state index contributed by atoms with van der Waals surface area (Å²) in [6.07, 6.45) is 0. The molecule has 0 aliphatic carbocycles. The molecule has 0 unspecified atom stereocenters. The Bertz CT molecular complexity index is 607. The Labute approximate surface area is 132 Å². The van der Waals surface area contributed by atoms with Gasteiger partial charge in [-0.1, -0.05) is 6.07 Å². The molecule has 0 bridgehead atoms. The van der Waals surface area contributed by atoms with E-state index in [1.165, 1.54) is 22.7 Å². The fourth-order valence-electron chi connectivity index (χ4n) is 1.48. The number of hydrogen-bond acceptors (Lipinski definition) is 4. The Hall–Kier alpha value is -1.09. The molecule has 0 atom stereocenters. The van der Waals surface area contributed by atoms with Gasteiger partial charge in [-0.15, -0.1) is 23.1 Å². The van der Waals surface area contributed by atoms with Crippen molar-refractivity contribution in [2.24, 2.45) is 5.84 Å². The van der Waals surface area contributed by atoms with Crippen molar-refractivity contribution in [2.75, 3.05) is 5.32 Å². The van der Waals surface area contributed by atoms with Crippen molar-refractivity contribution in [3.8, 4) is 0 Å². The van der Waals surface area contributed by atoms with Gasteiger partial charge < -0.3 is 5.32 Å². The van der Waals surface area contributed by atoms with E-state index in [4.69, 9.17) is 5.84 Å². The molecule has 2 aromatic rings. The molecular formula is C12H11BrFN3OS2. The average molecular weight is 376 g/mol. The van der Waals surface area contributed by atoms with Crippen LogP contribution in [-0.4, -0.2) is 6.03 Å². The van der Waals surface area contributed by atoms with Gasteiger partial charge in [0.1, 0.15) is 5.82 Å². The molecule has 0 aliphatic heterocycles. The highest BCUT2D eigenvalue weighted by molar-refractivity contribution is 9.10. The number of carbonyl (C=O) groups excluding carboxylic acids is 1. The van der Waals surface area contributed by atoms with E-state index in [0.29, 0.717) is 15.1 Å². The minimum atomic E-state index is -0.667. The van der Waals surface area contributed by atoms with Crippen LogP contribution in [0.4, 0.5) is 14.9 Å². The van der Waals surface area contributed by atoms with Crippen LogP contribution in [0, 0.1) is 5.82 Å². The fourth-order valence-corrected chi connectivity index (χ4v) is 3.97. The topological polar surface area (TPSA) is 67.1 Å². The second kappa shape index (κ2) is 7.07. The summed E-state index contributed by atoms with van der Waals surface area (Å²) in [7, 11) is 0. The van der Waals surface area contributed by atoms with Crippen molar-refractivity contribution >= 4 is 50.7 Å². The van der Waals surface area contributed by atoms with E-state index in [2.05, 4.69) is 21.2 Å². The van der Waals surface area contributed by atoms with Gasteiger partial charge in [0.05, 0.1) is 5.69 Å². The number of amides is 2. The molecule has 2 rings (SSSR count). The number of thiophene rings is 1. The summed E-state index contributed by atoms with van der Waals surface area (Å²) in [5, 5.41) is 4.39. The molecule has 1 aromatic carbocycles. The predicted molar refractivity (Wildman–Crippen MR) is 84.3 cm³/mol. The highest BCUT2D eigenvalue weighted by Crippen LogP contribution is 2.38. The van der Waals surface area contributed by atoms with Crippen LogP contribution in [0.3, 0.4) is 0 Å². The molecule has 4 nitrogen and oxygen atoms in total. The van der Waals surface area contributed by atoms with E-state index in [1.807, 2.05) is 22.9 Å². The van der Waals surface area contributed by atoms with Crippen LogP contribution in [-0.2, 0) is 5.75 Å². The van der Waals surface area contributed by atoms with Gasteiger partial charge in [0.15, 0.2) is 0 Å². The van der Waals surface area contributed by atoms with Crippen LogP contribution in [0.5, 0.6) is 0 Å². The second-order valence-corrected chi connectivity index (χ2v) is 6.57. The lowest BCUT2D eigenvalue weighted by Gasteiger charge is -2.13. The Morgan fingerprint density at radius 2 is 2.25 bits per heavy atom. The highest BCUT2D eigenvalue weighted by Gasteiger charge is 2.15. The number of nitrogens with two attached hydrogens (primary N) is 1. The largest absolute Gasteiger partial charge is 0.333 e. The number of rotatable bonds is 4. The molecule has 0 saturated heterocycles. The third-order valence-electron chi connectivity index (χ3n) is 2.37. The maximum absolute atomic E-state index is 13.9. The van der Waals surface area contributed by atoms with Crippen molar-refractivity contribution in [3.63, 3.8) is 0 Å². The summed E-state index contributed by atoms with van der Waals surface area (Å²) >= 11 is 6.44. The molecule has 4 N–H and O–H groups in total. The SMILES string of the molecule is NNC(=O)Nc1c(F)ccc(Br)c1SCc1cccs1. The van der Waals surface area contributed by atoms with E-state index in [9.17, 15) is 9.18 Å². The third-order valence-corrected chi connectivity index (χ3v) is 5.52. The second-order valence-electron chi connectivity index (χ2n) is 3.70. The molecular weight excluding hydrogens is 365 g/mol. The highest BCUT2D eigenvalue weighted by atomic mass is 79.9. The van der Waals surface area contributed by atoms with Gasteiger partial charge >= 0.3 is 6.03 Å². The normalized spacial score (nSPS) is 10.3. The summed E-state index contributed by atoms with van der Waals surface area (Å²) in [6, 6.07) is 6.19. The number of urea groups is 1. The number of nitrogens with one attached hydrogen (secondary N) is 2. The number of halogens is 2. The first-order chi connectivity index (χ1) is 9.61. The van der Waals surface area contributed by atoms with Crippen LogP contribution in [0.15, 0.2) is 39.0 Å². The van der Waals surface area contributed by atoms with Gasteiger partial charge in [-0.3, -0.25) is 5.43 Å². The maximum atomic E-state index is 13.9. The van der Waals surface area contributed by atoms with Gasteiger partial charge in [0.25, 0.3) is 0 Å². The minimum Gasteiger partial charge on any atom is -0.303 e. The fraction of sp³-hybridized carbons (Fsp3) is 0.0833. The molecule has 0 saturated carbocycles. The summed E-state index contributed by atoms with van der Waals surface area (Å²) in [5.74, 6) is 5.19. The molecule has 8 heteroatoms. The number of benzene rings is 1. The van der Waals surface area contributed by atoms with Crippen molar-refractivity contribution in [1.29, 1.82) is 0 Å². The van der Waals surface area contributed by atoms with Gasteiger partial charge in [-0.05, 0) is 39.5 Å². The zero-order valence-electron chi connectivity index (χ0n) is 10.2. The first-order valence-electron chi connectivity index (χ1n) is 5.52. The standard InChI is InChI=1S/C12H11BrFN3OS2/c13-8-3-4-9(14)10(16-12(18)17-15)11(8)20-6-7-2-1-5-19-7/h1-5H,6,15H2,(H2,16,17,18). The van der Waals surface area contributed by atoms with Crippen molar-refractivity contribution < 1.29 is 9.18 Å². The van der Waals surface area contributed by atoms with E-state index in [1.54, 1.807) is 17.4 Å². The third kappa shape index (κ3) is 3.72. The number of thioether (sulfide) groups is 1. The molecule has 2 amide bonds. The Morgan fingerprint density at radius 1 is 1.45 bits per heavy atom. The molecule has 106 valence electrons. The van der Waals surface area contributed by atoms with Gasteiger partial charge in [-0.2, -0.15) is 0 Å². The monoisotopic (exact) mass is 375 g/mol. The van der Waals surface area contributed by atoms with E-state index in [-0.39, 0.29) is 5.69 Å². The molecule has 0 aliphatic rings. The molecule has 20 heavy (non-hydrogen) atoms. The maximum Gasteiger partial charge on any atom is 0.333 e. The van der Waals surface area contributed by atoms with Crippen molar-refractivity contribution in [1.82, 2.24) is 5.43 Å². The summed E-state index contributed by atoms with van der Waals surface area (Å²) < 4.78 is 14.6. The minimum absolute atomic E-state index is 0.115. The van der Waals surface area contributed by atoms with Crippen LogP contribution in [0.1, 0.15) is 4.88 Å². The number of carbonyl (C=O) groups is 1. The summed E-state index contributed by atoms with van der Waals surface area (Å²) in [4.78, 5) is 13.1. The van der Waals surface area contributed by atoms with E-state index >= 15 is 0 Å². The van der Waals surface area contributed by atoms with Gasteiger partial charge in [0, 0.05) is 20.0 Å². The lowest BCUT2D eigenvalue weighted by atomic mass is 10.3. The first-order valence-corrected chi connectivity index (χ1v) is 8.18. The zero-order chi connectivity index (χ0) is 14.5. The van der Waals surface area contributed by atoms with E-state index < -0.39 is 11.8 Å². The van der Waals surface area contributed by atoms with Crippen LogP contribution in [0.25, 0.3) is 0 Å². The van der Waals surface area contributed by atoms with Gasteiger partial charge in [0.2, 0.25) is 0 Å². The summed E-state index contributed by atoms with van der Waals surface area (Å²) in [5.41, 5.74) is 2.03. The zero-order valence-corrected chi connectivity index (χ0v) is 13.4. The number of hydrazine groups is 1. The average Bonchev–Trinajstić information content (AvgIpc) is 2.95. The van der Waals surface area contributed by atoms with Crippen molar-refractivity contribution in [3.05, 3.63) is 44.8 Å². The van der Waals surface area contributed by atoms with Crippen LogP contribution >= 0.6 is 39.0 Å². The van der Waals surface area contributed by atoms with Crippen LogP contribution in [0.2, 0.25) is 0 Å². The van der Waals surface area contributed by atoms with Crippen molar-refractivity contribution in [2.45, 2.75) is 10.6 Å². The molecule has 0 radical (unpaired) electrons. The molecule has 0 fully saturated rings.